The van der Waals surface area contributed by atoms with Crippen LogP contribution in [0, 0.1) is 0 Å². The Labute approximate surface area is 131 Å². The van der Waals surface area contributed by atoms with Crippen LogP contribution in [0.1, 0.15) is 10.4 Å². The molecule has 0 atom stereocenters. The normalized spacial score (nSPS) is 10.8. The van der Waals surface area contributed by atoms with E-state index in [9.17, 15) is 4.79 Å². The maximum absolute atomic E-state index is 12.4. The third-order valence-electron chi connectivity index (χ3n) is 3.54. The molecule has 0 spiro atoms. The number of carbonyl (C=O) groups excluding carboxylic acids is 1. The van der Waals surface area contributed by atoms with Crippen molar-refractivity contribution >= 4 is 16.9 Å². The third kappa shape index (κ3) is 2.46. The fraction of sp³-hybridized carbons (Fsp3) is 0. The summed E-state index contributed by atoms with van der Waals surface area (Å²) >= 11 is 0. The Bertz CT molecular complexity index is 956. The van der Waals surface area contributed by atoms with Crippen LogP contribution in [-0.2, 0) is 0 Å². The standard InChI is InChI=1S/C17H12N4O2/c22-17(20-21-10-19-14-3-1-2-4-15(14)21)13-7-5-12(6-8-13)16-9-18-11-23-16/h1-11H,(H,20,22). The van der Waals surface area contributed by atoms with E-state index in [-0.39, 0.29) is 5.91 Å². The Kier molecular flexibility index (Phi) is 3.12. The van der Waals surface area contributed by atoms with Crippen molar-refractivity contribution in [1.82, 2.24) is 14.6 Å². The van der Waals surface area contributed by atoms with Crippen LogP contribution in [-0.4, -0.2) is 20.6 Å². The van der Waals surface area contributed by atoms with Gasteiger partial charge in [0.25, 0.3) is 5.91 Å². The molecule has 6 nitrogen and oxygen atoms in total. The first-order valence-corrected chi connectivity index (χ1v) is 7.03. The van der Waals surface area contributed by atoms with Crippen LogP contribution < -0.4 is 5.43 Å². The first-order chi connectivity index (χ1) is 11.3. The van der Waals surface area contributed by atoms with E-state index in [1.807, 2.05) is 36.4 Å². The average Bonchev–Trinajstić information content (AvgIpc) is 3.25. The number of imidazole rings is 1. The highest BCUT2D eigenvalue weighted by atomic mass is 16.3. The number of nitrogens with one attached hydrogen (secondary N) is 1. The summed E-state index contributed by atoms with van der Waals surface area (Å²) < 4.78 is 6.84. The molecule has 0 aliphatic rings. The summed E-state index contributed by atoms with van der Waals surface area (Å²) in [5.41, 5.74) is 5.90. The molecule has 0 saturated heterocycles. The highest BCUT2D eigenvalue weighted by molar-refractivity contribution is 6.01. The second-order valence-corrected chi connectivity index (χ2v) is 4.99. The first kappa shape index (κ1) is 13.3. The van der Waals surface area contributed by atoms with Gasteiger partial charge in [0.2, 0.25) is 0 Å². The zero-order valence-electron chi connectivity index (χ0n) is 12.0. The topological polar surface area (TPSA) is 73.0 Å². The molecule has 2 heterocycles. The van der Waals surface area contributed by atoms with E-state index in [0.29, 0.717) is 11.3 Å². The monoisotopic (exact) mass is 304 g/mol. The molecule has 112 valence electrons. The molecule has 0 unspecified atom stereocenters. The largest absolute Gasteiger partial charge is 0.444 e. The van der Waals surface area contributed by atoms with Crippen LogP contribution in [0.25, 0.3) is 22.4 Å². The molecule has 23 heavy (non-hydrogen) atoms. The molecule has 2 aromatic carbocycles. The SMILES string of the molecule is O=C(Nn1cnc2ccccc21)c1ccc(-c2cnco2)cc1. The van der Waals surface area contributed by atoms with E-state index in [4.69, 9.17) is 4.42 Å². The van der Waals surface area contributed by atoms with Crippen LogP contribution >= 0.6 is 0 Å². The molecule has 0 aliphatic carbocycles. The summed E-state index contributed by atoms with van der Waals surface area (Å²) in [6.45, 7) is 0. The lowest BCUT2D eigenvalue weighted by Gasteiger charge is -2.07. The highest BCUT2D eigenvalue weighted by Crippen LogP contribution is 2.19. The Morgan fingerprint density at radius 1 is 1.09 bits per heavy atom. The van der Waals surface area contributed by atoms with E-state index in [0.717, 1.165) is 16.6 Å². The van der Waals surface area contributed by atoms with Crippen molar-refractivity contribution in [3.8, 4) is 11.3 Å². The smallest absolute Gasteiger partial charge is 0.270 e. The van der Waals surface area contributed by atoms with E-state index in [1.165, 1.54) is 6.39 Å². The molecular formula is C17H12N4O2. The number of oxazole rings is 1. The summed E-state index contributed by atoms with van der Waals surface area (Å²) in [7, 11) is 0. The van der Waals surface area contributed by atoms with Crippen LogP contribution in [0.2, 0.25) is 0 Å². The molecule has 4 aromatic rings. The molecule has 0 radical (unpaired) electrons. The molecule has 0 fully saturated rings. The van der Waals surface area contributed by atoms with Crippen LogP contribution in [0.5, 0.6) is 0 Å². The zero-order valence-corrected chi connectivity index (χ0v) is 12.0. The van der Waals surface area contributed by atoms with Gasteiger partial charge in [-0.05, 0) is 24.3 Å². The Morgan fingerprint density at radius 2 is 1.91 bits per heavy atom. The van der Waals surface area contributed by atoms with Gasteiger partial charge in [0.15, 0.2) is 12.2 Å². The number of fused-ring (bicyclic) bond motifs is 1. The van der Waals surface area contributed by atoms with Crippen LogP contribution in [0.4, 0.5) is 0 Å². The molecular weight excluding hydrogens is 292 g/mol. The number of para-hydroxylation sites is 2. The summed E-state index contributed by atoms with van der Waals surface area (Å²) in [6, 6.07) is 14.7. The lowest BCUT2D eigenvalue weighted by atomic mass is 10.1. The summed E-state index contributed by atoms with van der Waals surface area (Å²) in [5, 5.41) is 0. The lowest BCUT2D eigenvalue weighted by molar-refractivity contribution is 0.101. The molecule has 1 N–H and O–H groups in total. The second-order valence-electron chi connectivity index (χ2n) is 4.99. The molecule has 2 aromatic heterocycles. The van der Waals surface area contributed by atoms with Gasteiger partial charge in [-0.2, -0.15) is 0 Å². The lowest BCUT2D eigenvalue weighted by Crippen LogP contribution is -2.21. The molecule has 6 heteroatoms. The Balaban J connectivity index is 1.57. The van der Waals surface area contributed by atoms with E-state index in [1.54, 1.807) is 29.3 Å². The van der Waals surface area contributed by atoms with Gasteiger partial charge in [0.05, 0.1) is 17.2 Å². The predicted octanol–water partition coefficient (Wildman–Crippen LogP) is 3.08. The van der Waals surface area contributed by atoms with Crippen LogP contribution in [0.3, 0.4) is 0 Å². The summed E-state index contributed by atoms with van der Waals surface area (Å²) in [4.78, 5) is 20.5. The number of hydrogen-bond acceptors (Lipinski definition) is 4. The van der Waals surface area contributed by atoms with Crippen molar-refractivity contribution in [2.45, 2.75) is 0 Å². The number of nitrogens with zero attached hydrogens (tertiary/aromatic N) is 3. The molecule has 1 amide bonds. The molecule has 0 aliphatic heterocycles. The van der Waals surface area contributed by atoms with E-state index < -0.39 is 0 Å². The number of aromatic nitrogens is 3. The fourth-order valence-corrected chi connectivity index (χ4v) is 2.37. The van der Waals surface area contributed by atoms with Gasteiger partial charge in [-0.15, -0.1) is 0 Å². The number of rotatable bonds is 3. The van der Waals surface area contributed by atoms with Crippen molar-refractivity contribution in [2.75, 3.05) is 5.43 Å². The fourth-order valence-electron chi connectivity index (χ4n) is 2.37. The minimum absolute atomic E-state index is 0.211. The summed E-state index contributed by atoms with van der Waals surface area (Å²) in [5.74, 6) is 0.454. The molecule has 0 saturated carbocycles. The number of carbonyl (C=O) groups is 1. The second kappa shape index (κ2) is 5.42. The van der Waals surface area contributed by atoms with Crippen molar-refractivity contribution in [3.05, 3.63) is 73.0 Å². The minimum atomic E-state index is -0.211. The zero-order chi connectivity index (χ0) is 15.6. The van der Waals surface area contributed by atoms with Gasteiger partial charge >= 0.3 is 0 Å². The van der Waals surface area contributed by atoms with Gasteiger partial charge in [0.1, 0.15) is 6.33 Å². The van der Waals surface area contributed by atoms with Gasteiger partial charge in [-0.3, -0.25) is 10.2 Å². The Hall–Kier alpha value is -3.41. The number of hydrogen-bond donors (Lipinski definition) is 1. The van der Waals surface area contributed by atoms with Crippen LogP contribution in [0.15, 0.2) is 71.9 Å². The van der Waals surface area contributed by atoms with Crippen molar-refractivity contribution in [3.63, 3.8) is 0 Å². The predicted molar refractivity (Wildman–Crippen MR) is 85.4 cm³/mol. The van der Waals surface area contributed by atoms with E-state index in [2.05, 4.69) is 15.4 Å². The first-order valence-electron chi connectivity index (χ1n) is 7.03. The quantitative estimate of drug-likeness (QED) is 0.631. The van der Waals surface area contributed by atoms with Gasteiger partial charge in [-0.1, -0.05) is 24.3 Å². The number of amides is 1. The molecule has 4 rings (SSSR count). The average molecular weight is 304 g/mol. The van der Waals surface area contributed by atoms with Gasteiger partial charge in [-0.25, -0.2) is 14.6 Å². The van der Waals surface area contributed by atoms with Gasteiger partial charge in [0, 0.05) is 11.1 Å². The molecule has 0 bridgehead atoms. The highest BCUT2D eigenvalue weighted by Gasteiger charge is 2.09. The van der Waals surface area contributed by atoms with Crippen molar-refractivity contribution in [1.29, 1.82) is 0 Å². The Morgan fingerprint density at radius 3 is 2.70 bits per heavy atom. The summed E-state index contributed by atoms with van der Waals surface area (Å²) in [6.07, 6.45) is 4.60. The van der Waals surface area contributed by atoms with E-state index >= 15 is 0 Å². The van der Waals surface area contributed by atoms with Crippen molar-refractivity contribution in [2.24, 2.45) is 0 Å². The maximum Gasteiger partial charge on any atom is 0.270 e. The van der Waals surface area contributed by atoms with Gasteiger partial charge < -0.3 is 4.42 Å². The maximum atomic E-state index is 12.4. The number of benzene rings is 2. The third-order valence-corrected chi connectivity index (χ3v) is 3.54. The van der Waals surface area contributed by atoms with Crippen molar-refractivity contribution < 1.29 is 9.21 Å². The minimum Gasteiger partial charge on any atom is -0.444 e.